The van der Waals surface area contributed by atoms with Crippen molar-refractivity contribution in [1.82, 2.24) is 10.2 Å². The summed E-state index contributed by atoms with van der Waals surface area (Å²) in [6.45, 7) is 6.81. The Balaban J connectivity index is 1.92. The molecule has 0 aromatic carbocycles. The van der Waals surface area contributed by atoms with Crippen molar-refractivity contribution in [2.45, 2.75) is 57.5 Å². The van der Waals surface area contributed by atoms with Gasteiger partial charge in [0.05, 0.1) is 0 Å². The first kappa shape index (κ1) is 13.8. The zero-order valence-electron chi connectivity index (χ0n) is 11.6. The van der Waals surface area contributed by atoms with E-state index >= 15 is 0 Å². The average Bonchev–Trinajstić information content (AvgIpc) is 3.12. The average molecular weight is 254 g/mol. The first-order chi connectivity index (χ1) is 8.53. The van der Waals surface area contributed by atoms with Crippen LogP contribution in [0.5, 0.6) is 0 Å². The van der Waals surface area contributed by atoms with Gasteiger partial charge in [-0.25, -0.2) is 0 Å². The molecule has 0 radical (unpaired) electrons. The largest absolute Gasteiger partial charge is 0.480 e. The van der Waals surface area contributed by atoms with Gasteiger partial charge in [0.25, 0.3) is 0 Å². The van der Waals surface area contributed by atoms with Crippen molar-refractivity contribution in [3.63, 3.8) is 0 Å². The van der Waals surface area contributed by atoms with Crippen LogP contribution in [-0.4, -0.2) is 47.2 Å². The van der Waals surface area contributed by atoms with Crippen LogP contribution in [0.4, 0.5) is 0 Å². The highest BCUT2D eigenvalue weighted by molar-refractivity contribution is 5.78. The summed E-state index contributed by atoms with van der Waals surface area (Å²) in [4.78, 5) is 13.9. The van der Waals surface area contributed by atoms with Crippen molar-refractivity contribution < 1.29 is 9.90 Å². The minimum atomic E-state index is -0.781. The normalized spacial score (nSPS) is 28.9. The second-order valence-electron chi connectivity index (χ2n) is 6.21. The maximum absolute atomic E-state index is 11.5. The molecule has 0 amide bonds. The Kier molecular flexibility index (Phi) is 4.28. The molecular weight excluding hydrogens is 228 g/mol. The Morgan fingerprint density at radius 3 is 2.72 bits per heavy atom. The van der Waals surface area contributed by atoms with Crippen molar-refractivity contribution in [3.8, 4) is 0 Å². The molecule has 2 aliphatic rings. The molecule has 2 N–H and O–H groups in total. The fourth-order valence-corrected chi connectivity index (χ4v) is 2.93. The minimum absolute atomic E-state index is 0.429. The number of carbonyl (C=O) groups is 1. The molecule has 104 valence electrons. The highest BCUT2D eigenvalue weighted by Gasteiger charge is 2.40. The van der Waals surface area contributed by atoms with E-state index in [2.05, 4.69) is 17.1 Å². The molecule has 4 heteroatoms. The van der Waals surface area contributed by atoms with Gasteiger partial charge in [0.15, 0.2) is 0 Å². The van der Waals surface area contributed by atoms with Crippen molar-refractivity contribution >= 4 is 5.97 Å². The summed E-state index contributed by atoms with van der Waals surface area (Å²) in [7, 11) is 0. The third-order valence-electron chi connectivity index (χ3n) is 4.29. The van der Waals surface area contributed by atoms with E-state index in [-0.39, 0.29) is 0 Å². The highest BCUT2D eigenvalue weighted by Crippen LogP contribution is 2.25. The topological polar surface area (TPSA) is 52.6 Å². The lowest BCUT2D eigenvalue weighted by molar-refractivity contribution is -0.145. The Hall–Kier alpha value is -0.610. The molecule has 1 aliphatic carbocycles. The van der Waals surface area contributed by atoms with Crippen molar-refractivity contribution in [3.05, 3.63) is 0 Å². The molecule has 1 saturated heterocycles. The van der Waals surface area contributed by atoms with Gasteiger partial charge in [-0.15, -0.1) is 0 Å². The number of nitrogens with zero attached hydrogens (tertiary/aromatic N) is 1. The van der Waals surface area contributed by atoms with Gasteiger partial charge >= 0.3 is 5.97 Å². The fraction of sp³-hybridized carbons (Fsp3) is 0.929. The van der Waals surface area contributed by atoms with E-state index in [0.717, 1.165) is 31.8 Å². The van der Waals surface area contributed by atoms with E-state index in [9.17, 15) is 9.90 Å². The van der Waals surface area contributed by atoms with Gasteiger partial charge in [0.2, 0.25) is 0 Å². The van der Waals surface area contributed by atoms with E-state index in [1.54, 1.807) is 0 Å². The lowest BCUT2D eigenvalue weighted by Gasteiger charge is -2.38. The number of piperidine rings is 1. The van der Waals surface area contributed by atoms with Crippen LogP contribution in [0.1, 0.15) is 46.0 Å². The summed E-state index contributed by atoms with van der Waals surface area (Å²) in [5.74, 6) is 0.0331. The Bertz CT molecular complexity index is 304. The second kappa shape index (κ2) is 5.57. The molecule has 0 bridgehead atoms. The van der Waals surface area contributed by atoms with Crippen molar-refractivity contribution in [2.24, 2.45) is 5.92 Å². The first-order valence-electron chi connectivity index (χ1n) is 7.27. The highest BCUT2D eigenvalue weighted by atomic mass is 16.4. The van der Waals surface area contributed by atoms with E-state index in [4.69, 9.17) is 0 Å². The summed E-state index contributed by atoms with van der Waals surface area (Å²) in [5.41, 5.74) is -0.781. The van der Waals surface area contributed by atoms with Crippen molar-refractivity contribution in [1.29, 1.82) is 0 Å². The summed E-state index contributed by atoms with van der Waals surface area (Å²) < 4.78 is 0. The minimum Gasteiger partial charge on any atom is -0.480 e. The maximum atomic E-state index is 11.5. The van der Waals surface area contributed by atoms with Crippen LogP contribution in [0.2, 0.25) is 0 Å². The number of carboxylic acid groups (broad SMARTS) is 1. The summed E-state index contributed by atoms with van der Waals surface area (Å²) >= 11 is 0. The van der Waals surface area contributed by atoms with Crippen LogP contribution >= 0.6 is 0 Å². The summed E-state index contributed by atoms with van der Waals surface area (Å²) in [5, 5.41) is 12.8. The lowest BCUT2D eigenvalue weighted by atomic mass is 9.93. The standard InChI is InChI=1S/C14H26N2O2/c1-3-11-5-4-8-16(9-11)10-14(2,13(17)18)15-12-6-7-12/h11-12,15H,3-10H2,1-2H3,(H,17,18). The SMILES string of the molecule is CCC1CCCN(CC(C)(NC2CC2)C(=O)O)C1. The third-order valence-corrected chi connectivity index (χ3v) is 4.29. The van der Waals surface area contributed by atoms with Crippen LogP contribution < -0.4 is 5.32 Å². The molecule has 1 saturated carbocycles. The second-order valence-corrected chi connectivity index (χ2v) is 6.21. The molecule has 0 spiro atoms. The third kappa shape index (κ3) is 3.45. The van der Waals surface area contributed by atoms with E-state index in [1.807, 2.05) is 6.92 Å². The zero-order chi connectivity index (χ0) is 13.2. The van der Waals surface area contributed by atoms with Crippen LogP contribution in [0, 0.1) is 5.92 Å². The number of nitrogens with one attached hydrogen (secondary N) is 1. The maximum Gasteiger partial charge on any atom is 0.324 e. The Morgan fingerprint density at radius 1 is 1.44 bits per heavy atom. The Labute approximate surface area is 110 Å². The number of carboxylic acids is 1. The van der Waals surface area contributed by atoms with Gasteiger partial charge in [-0.1, -0.05) is 13.3 Å². The monoisotopic (exact) mass is 254 g/mol. The molecule has 18 heavy (non-hydrogen) atoms. The zero-order valence-corrected chi connectivity index (χ0v) is 11.6. The van der Waals surface area contributed by atoms with Gasteiger partial charge in [-0.2, -0.15) is 0 Å². The fourth-order valence-electron chi connectivity index (χ4n) is 2.93. The molecule has 0 aromatic rings. The number of aliphatic carboxylic acids is 1. The molecule has 4 nitrogen and oxygen atoms in total. The van der Waals surface area contributed by atoms with Crippen LogP contribution in [0.3, 0.4) is 0 Å². The predicted octanol–water partition coefficient (Wildman–Crippen LogP) is 1.70. The molecular formula is C14H26N2O2. The molecule has 0 aromatic heterocycles. The van der Waals surface area contributed by atoms with E-state index < -0.39 is 11.5 Å². The van der Waals surface area contributed by atoms with Crippen LogP contribution in [0.25, 0.3) is 0 Å². The number of rotatable bonds is 6. The molecule has 1 heterocycles. The smallest absolute Gasteiger partial charge is 0.324 e. The summed E-state index contributed by atoms with van der Waals surface area (Å²) in [6, 6.07) is 0.429. The number of likely N-dealkylation sites (tertiary alicyclic amines) is 1. The van der Waals surface area contributed by atoms with Crippen LogP contribution in [-0.2, 0) is 4.79 Å². The van der Waals surface area contributed by atoms with Crippen molar-refractivity contribution in [2.75, 3.05) is 19.6 Å². The van der Waals surface area contributed by atoms with E-state index in [0.29, 0.717) is 12.6 Å². The van der Waals surface area contributed by atoms with Gasteiger partial charge in [0.1, 0.15) is 5.54 Å². The number of hydrogen-bond acceptors (Lipinski definition) is 3. The quantitative estimate of drug-likeness (QED) is 0.757. The van der Waals surface area contributed by atoms with Gasteiger partial charge in [-0.3, -0.25) is 10.1 Å². The predicted molar refractivity (Wildman–Crippen MR) is 71.7 cm³/mol. The van der Waals surface area contributed by atoms with Crippen LogP contribution in [0.15, 0.2) is 0 Å². The molecule has 2 fully saturated rings. The molecule has 1 aliphatic heterocycles. The van der Waals surface area contributed by atoms with Gasteiger partial charge < -0.3 is 10.0 Å². The Morgan fingerprint density at radius 2 is 2.17 bits per heavy atom. The molecule has 2 rings (SSSR count). The summed E-state index contributed by atoms with van der Waals surface area (Å²) in [6.07, 6.45) is 5.96. The molecule has 2 atom stereocenters. The molecule has 2 unspecified atom stereocenters. The van der Waals surface area contributed by atoms with Gasteiger partial charge in [-0.05, 0) is 45.1 Å². The van der Waals surface area contributed by atoms with E-state index in [1.165, 1.54) is 19.3 Å². The lowest BCUT2D eigenvalue weighted by Crippen LogP contribution is -2.58. The number of hydrogen-bond donors (Lipinski definition) is 2. The first-order valence-corrected chi connectivity index (χ1v) is 7.27. The van der Waals surface area contributed by atoms with Gasteiger partial charge in [0, 0.05) is 19.1 Å².